The normalized spacial score (nSPS) is 11.3. The van der Waals surface area contributed by atoms with Crippen LogP contribution in [0.2, 0.25) is 0 Å². The Morgan fingerprint density at radius 3 is 2.75 bits per heavy atom. The third kappa shape index (κ3) is 4.96. The fraction of sp³-hybridized carbons (Fsp3) is 0.389. The summed E-state index contributed by atoms with van der Waals surface area (Å²) in [6, 6.07) is 8.13. The molecule has 5 nitrogen and oxygen atoms in total. The standard InChI is InChI=1S/C18H24N4OS/c1-6-10-22-16(14-9-7-8-13(2)11-14)20-21-17(22)24-12-15(23)19-18(3,4)5/h6-9,11H,1,10,12H2,2-5H3,(H,19,23). The summed E-state index contributed by atoms with van der Waals surface area (Å²) >= 11 is 1.39. The molecule has 0 spiro atoms. The Labute approximate surface area is 147 Å². The Morgan fingerprint density at radius 2 is 2.12 bits per heavy atom. The van der Waals surface area contributed by atoms with E-state index in [0.717, 1.165) is 16.5 Å². The fourth-order valence-corrected chi connectivity index (χ4v) is 3.02. The summed E-state index contributed by atoms with van der Waals surface area (Å²) in [5.74, 6) is 1.08. The second-order valence-electron chi connectivity index (χ2n) is 6.66. The van der Waals surface area contributed by atoms with E-state index in [2.05, 4.69) is 28.2 Å². The van der Waals surface area contributed by atoms with Gasteiger partial charge in [0.1, 0.15) is 0 Å². The van der Waals surface area contributed by atoms with Crippen LogP contribution in [0.3, 0.4) is 0 Å². The lowest BCUT2D eigenvalue weighted by Gasteiger charge is -2.20. The van der Waals surface area contributed by atoms with Crippen LogP contribution in [0, 0.1) is 6.92 Å². The highest BCUT2D eigenvalue weighted by atomic mass is 32.2. The van der Waals surface area contributed by atoms with Gasteiger partial charge in [-0.25, -0.2) is 0 Å². The number of aryl methyl sites for hydroxylation is 1. The lowest BCUT2D eigenvalue weighted by Crippen LogP contribution is -2.41. The first-order valence-corrected chi connectivity index (χ1v) is 8.83. The second kappa shape index (κ2) is 7.66. The van der Waals surface area contributed by atoms with E-state index < -0.39 is 0 Å². The molecular formula is C18H24N4OS. The van der Waals surface area contributed by atoms with Gasteiger partial charge in [0.15, 0.2) is 11.0 Å². The Balaban J connectivity index is 2.19. The van der Waals surface area contributed by atoms with E-state index in [1.54, 1.807) is 0 Å². The van der Waals surface area contributed by atoms with Crippen molar-refractivity contribution in [2.45, 2.75) is 44.9 Å². The number of benzene rings is 1. The number of hydrogen-bond donors (Lipinski definition) is 1. The van der Waals surface area contributed by atoms with Gasteiger partial charge in [-0.15, -0.1) is 16.8 Å². The molecule has 0 radical (unpaired) electrons. The van der Waals surface area contributed by atoms with Crippen LogP contribution in [0.15, 0.2) is 42.1 Å². The van der Waals surface area contributed by atoms with Crippen LogP contribution < -0.4 is 5.32 Å². The summed E-state index contributed by atoms with van der Waals surface area (Å²) in [5.41, 5.74) is 1.94. The first-order valence-electron chi connectivity index (χ1n) is 7.85. The first kappa shape index (κ1) is 18.3. The van der Waals surface area contributed by atoms with Crippen molar-refractivity contribution in [3.63, 3.8) is 0 Å². The molecule has 6 heteroatoms. The molecule has 0 aliphatic rings. The number of carbonyl (C=O) groups is 1. The van der Waals surface area contributed by atoms with Crippen molar-refractivity contribution in [2.75, 3.05) is 5.75 Å². The molecule has 1 aromatic carbocycles. The number of allylic oxidation sites excluding steroid dienone is 1. The van der Waals surface area contributed by atoms with Crippen molar-refractivity contribution in [3.05, 3.63) is 42.5 Å². The minimum atomic E-state index is -0.237. The quantitative estimate of drug-likeness (QED) is 0.644. The molecule has 1 aromatic heterocycles. The van der Waals surface area contributed by atoms with Crippen LogP contribution in [0.25, 0.3) is 11.4 Å². The van der Waals surface area contributed by atoms with Gasteiger partial charge in [-0.2, -0.15) is 0 Å². The van der Waals surface area contributed by atoms with E-state index in [0.29, 0.717) is 12.3 Å². The maximum Gasteiger partial charge on any atom is 0.230 e. The van der Waals surface area contributed by atoms with E-state index in [4.69, 9.17) is 0 Å². The largest absolute Gasteiger partial charge is 0.351 e. The van der Waals surface area contributed by atoms with Gasteiger partial charge < -0.3 is 5.32 Å². The Hall–Kier alpha value is -2.08. The maximum absolute atomic E-state index is 12.0. The van der Waals surface area contributed by atoms with Crippen molar-refractivity contribution in [3.8, 4) is 11.4 Å². The molecule has 0 bridgehead atoms. The predicted octanol–water partition coefficient (Wildman–Crippen LogP) is 3.45. The van der Waals surface area contributed by atoms with Gasteiger partial charge in [0.05, 0.1) is 5.75 Å². The molecule has 0 aliphatic heterocycles. The van der Waals surface area contributed by atoms with Gasteiger partial charge in [-0.1, -0.05) is 41.6 Å². The molecular weight excluding hydrogens is 320 g/mol. The zero-order chi connectivity index (χ0) is 17.7. The number of carbonyl (C=O) groups excluding carboxylic acids is 1. The number of nitrogens with zero attached hydrogens (tertiary/aromatic N) is 3. The van der Waals surface area contributed by atoms with Crippen LogP contribution in [0.1, 0.15) is 26.3 Å². The molecule has 0 unspecified atom stereocenters. The molecule has 2 rings (SSSR count). The molecule has 1 amide bonds. The summed E-state index contributed by atoms with van der Waals surface area (Å²) in [6.07, 6.45) is 1.81. The highest BCUT2D eigenvalue weighted by Crippen LogP contribution is 2.24. The number of amides is 1. The molecule has 2 aromatic rings. The smallest absolute Gasteiger partial charge is 0.230 e. The number of aromatic nitrogens is 3. The Kier molecular flexibility index (Phi) is 5.83. The van der Waals surface area contributed by atoms with Crippen molar-refractivity contribution < 1.29 is 4.79 Å². The van der Waals surface area contributed by atoms with E-state index in [9.17, 15) is 4.79 Å². The SMILES string of the molecule is C=CCn1c(SCC(=O)NC(C)(C)C)nnc1-c1cccc(C)c1. The fourth-order valence-electron chi connectivity index (χ4n) is 2.27. The van der Waals surface area contributed by atoms with Crippen LogP contribution in [-0.2, 0) is 11.3 Å². The number of hydrogen-bond acceptors (Lipinski definition) is 4. The third-order valence-electron chi connectivity index (χ3n) is 3.15. The molecule has 0 aliphatic carbocycles. The van der Waals surface area contributed by atoms with Gasteiger partial charge in [0, 0.05) is 17.6 Å². The van der Waals surface area contributed by atoms with E-state index in [1.807, 2.05) is 56.5 Å². The summed E-state index contributed by atoms with van der Waals surface area (Å²) in [5, 5.41) is 12.2. The summed E-state index contributed by atoms with van der Waals surface area (Å²) in [4.78, 5) is 12.0. The van der Waals surface area contributed by atoms with E-state index >= 15 is 0 Å². The average Bonchev–Trinajstić information content (AvgIpc) is 2.87. The molecule has 0 atom stereocenters. The summed E-state index contributed by atoms with van der Waals surface area (Å²) in [7, 11) is 0. The predicted molar refractivity (Wildman–Crippen MR) is 99.0 cm³/mol. The number of thioether (sulfide) groups is 1. The van der Waals surface area contributed by atoms with Crippen molar-refractivity contribution in [1.82, 2.24) is 20.1 Å². The van der Waals surface area contributed by atoms with Crippen LogP contribution >= 0.6 is 11.8 Å². The van der Waals surface area contributed by atoms with Crippen molar-refractivity contribution >= 4 is 17.7 Å². The van der Waals surface area contributed by atoms with Crippen molar-refractivity contribution in [2.24, 2.45) is 0 Å². The topological polar surface area (TPSA) is 59.8 Å². The Bertz CT molecular complexity index is 731. The minimum Gasteiger partial charge on any atom is -0.351 e. The lowest BCUT2D eigenvalue weighted by atomic mass is 10.1. The molecule has 128 valence electrons. The summed E-state index contributed by atoms with van der Waals surface area (Å²) < 4.78 is 1.98. The lowest BCUT2D eigenvalue weighted by molar-refractivity contribution is -0.119. The maximum atomic E-state index is 12.0. The van der Waals surface area contributed by atoms with Gasteiger partial charge in [-0.3, -0.25) is 9.36 Å². The molecule has 0 saturated heterocycles. The second-order valence-corrected chi connectivity index (χ2v) is 7.60. The van der Waals surface area contributed by atoms with E-state index in [1.165, 1.54) is 17.3 Å². The van der Waals surface area contributed by atoms with Gasteiger partial charge >= 0.3 is 0 Å². The number of rotatable bonds is 6. The molecule has 24 heavy (non-hydrogen) atoms. The van der Waals surface area contributed by atoms with Crippen LogP contribution in [0.4, 0.5) is 0 Å². The van der Waals surface area contributed by atoms with Gasteiger partial charge in [0.2, 0.25) is 5.91 Å². The van der Waals surface area contributed by atoms with Gasteiger partial charge in [-0.05, 0) is 33.8 Å². The minimum absolute atomic E-state index is 0.0160. The van der Waals surface area contributed by atoms with Crippen LogP contribution in [-0.4, -0.2) is 32.0 Å². The molecule has 1 heterocycles. The monoisotopic (exact) mass is 344 g/mol. The highest BCUT2D eigenvalue weighted by molar-refractivity contribution is 7.99. The third-order valence-corrected chi connectivity index (χ3v) is 4.12. The first-order chi connectivity index (χ1) is 11.3. The number of nitrogens with one attached hydrogen (secondary N) is 1. The van der Waals surface area contributed by atoms with Gasteiger partial charge in [0.25, 0.3) is 0 Å². The summed E-state index contributed by atoms with van der Waals surface area (Å²) in [6.45, 7) is 12.3. The van der Waals surface area contributed by atoms with E-state index in [-0.39, 0.29) is 11.4 Å². The molecule has 0 saturated carbocycles. The molecule has 0 fully saturated rings. The highest BCUT2D eigenvalue weighted by Gasteiger charge is 2.17. The Morgan fingerprint density at radius 1 is 1.38 bits per heavy atom. The average molecular weight is 344 g/mol. The van der Waals surface area contributed by atoms with Crippen LogP contribution in [0.5, 0.6) is 0 Å². The van der Waals surface area contributed by atoms with Crippen molar-refractivity contribution in [1.29, 1.82) is 0 Å². The molecule has 1 N–H and O–H groups in total. The zero-order valence-electron chi connectivity index (χ0n) is 14.7. The zero-order valence-corrected chi connectivity index (χ0v) is 15.5.